The van der Waals surface area contributed by atoms with Crippen molar-refractivity contribution >= 4 is 35.5 Å². The Kier molecular flexibility index (Phi) is 7.69. The topological polar surface area (TPSA) is 133 Å². The summed E-state index contributed by atoms with van der Waals surface area (Å²) in [6.07, 6.45) is -0.119. The molecule has 0 spiro atoms. The smallest absolute Gasteiger partial charge is 0.333 e. The van der Waals surface area contributed by atoms with E-state index in [0.717, 1.165) is 9.80 Å². The molecule has 1 aromatic rings. The molecule has 3 rings (SSSR count). The first-order chi connectivity index (χ1) is 16.5. The second-order valence-electron chi connectivity index (χ2n) is 8.94. The third-order valence-electron chi connectivity index (χ3n) is 6.17. The minimum absolute atomic E-state index is 0.0134. The predicted molar refractivity (Wildman–Crippen MR) is 123 cm³/mol. The number of likely N-dealkylation sites (N-methyl/N-ethyl adjacent to an activating group) is 1. The summed E-state index contributed by atoms with van der Waals surface area (Å²) in [6, 6.07) is 5.07. The van der Waals surface area contributed by atoms with Crippen LogP contribution in [-0.2, 0) is 23.9 Å². The molecule has 2 aliphatic rings. The van der Waals surface area contributed by atoms with Crippen LogP contribution in [0.2, 0.25) is 0 Å². The summed E-state index contributed by atoms with van der Waals surface area (Å²) in [7, 11) is 0. The highest BCUT2D eigenvalue weighted by Crippen LogP contribution is 2.29. The number of nitrogens with zero attached hydrogens (tertiary/aromatic N) is 3. The van der Waals surface area contributed by atoms with Gasteiger partial charge < -0.3 is 10.1 Å². The molecule has 0 bridgehead atoms. The molecule has 2 heterocycles. The first kappa shape index (κ1) is 26.0. The number of hydrogen-bond donors (Lipinski definition) is 1. The van der Waals surface area contributed by atoms with Gasteiger partial charge in [-0.1, -0.05) is 26.0 Å². The van der Waals surface area contributed by atoms with Crippen molar-refractivity contribution in [3.05, 3.63) is 35.4 Å². The van der Waals surface area contributed by atoms with Gasteiger partial charge in [0.2, 0.25) is 11.8 Å². The molecule has 0 radical (unpaired) electrons. The summed E-state index contributed by atoms with van der Waals surface area (Å²) in [5, 5.41) is 2.60. The number of piperidine rings is 1. The lowest BCUT2D eigenvalue weighted by molar-refractivity contribution is -0.167. The van der Waals surface area contributed by atoms with E-state index in [-0.39, 0.29) is 36.4 Å². The zero-order valence-electron chi connectivity index (χ0n) is 20.3. The number of imide groups is 2. The predicted octanol–water partition coefficient (Wildman–Crippen LogP) is 0.538. The first-order valence-electron chi connectivity index (χ1n) is 11.5. The Morgan fingerprint density at radius 1 is 1.06 bits per heavy atom. The summed E-state index contributed by atoms with van der Waals surface area (Å²) >= 11 is 0. The molecular weight excluding hydrogens is 456 g/mol. The Morgan fingerprint density at radius 2 is 1.63 bits per heavy atom. The van der Waals surface area contributed by atoms with Crippen LogP contribution in [0.15, 0.2) is 24.3 Å². The van der Waals surface area contributed by atoms with E-state index >= 15 is 0 Å². The molecule has 0 aliphatic carbocycles. The van der Waals surface area contributed by atoms with Gasteiger partial charge in [0.15, 0.2) is 6.73 Å². The number of carbonyl (C=O) groups is 6. The fourth-order valence-corrected chi connectivity index (χ4v) is 4.08. The number of ether oxygens (including phenoxy) is 1. The number of benzene rings is 1. The molecule has 1 fully saturated rings. The van der Waals surface area contributed by atoms with Gasteiger partial charge in [0.25, 0.3) is 17.7 Å². The average molecular weight is 487 g/mol. The molecular formula is C24H30N4O7. The summed E-state index contributed by atoms with van der Waals surface area (Å²) in [5.74, 6) is -3.80. The molecule has 2 aliphatic heterocycles. The minimum atomic E-state index is -1.41. The van der Waals surface area contributed by atoms with Crippen molar-refractivity contribution in [2.45, 2.75) is 52.1 Å². The normalized spacial score (nSPS) is 18.3. The van der Waals surface area contributed by atoms with Gasteiger partial charge >= 0.3 is 5.97 Å². The standard InChI is InChI=1S/C24H30N4O7/c1-5-26(6-2)13-18(29)25-24(3,4)23(34)35-14-27-19(30)12-11-17(22(27)33)28-20(31)15-9-7-8-10-16(15)21(28)32/h7-10,17H,5-6,11-14H2,1-4H3,(H,25,29). The highest BCUT2D eigenvalue weighted by Gasteiger charge is 2.47. The average Bonchev–Trinajstić information content (AvgIpc) is 3.07. The molecule has 1 unspecified atom stereocenters. The second kappa shape index (κ2) is 10.3. The van der Waals surface area contributed by atoms with E-state index in [9.17, 15) is 28.8 Å². The zero-order valence-corrected chi connectivity index (χ0v) is 20.3. The van der Waals surface area contributed by atoms with Crippen LogP contribution in [0.1, 0.15) is 61.3 Å². The monoisotopic (exact) mass is 486 g/mol. The Balaban J connectivity index is 1.65. The fourth-order valence-electron chi connectivity index (χ4n) is 4.08. The molecule has 1 aromatic carbocycles. The maximum Gasteiger partial charge on any atom is 0.333 e. The van der Waals surface area contributed by atoms with Crippen molar-refractivity contribution in [3.8, 4) is 0 Å². The number of carbonyl (C=O) groups excluding carboxylic acids is 6. The Bertz CT molecular complexity index is 1030. The van der Waals surface area contributed by atoms with Gasteiger partial charge in [-0.3, -0.25) is 33.8 Å². The van der Waals surface area contributed by atoms with Gasteiger partial charge in [-0.2, -0.15) is 0 Å². The number of amides is 5. The van der Waals surface area contributed by atoms with Crippen molar-refractivity contribution in [1.82, 2.24) is 20.0 Å². The molecule has 188 valence electrons. The lowest BCUT2D eigenvalue weighted by Crippen LogP contribution is -2.58. The quantitative estimate of drug-likeness (QED) is 0.395. The van der Waals surface area contributed by atoms with Gasteiger partial charge in [-0.25, -0.2) is 9.69 Å². The van der Waals surface area contributed by atoms with Crippen LogP contribution in [0.4, 0.5) is 0 Å². The van der Waals surface area contributed by atoms with Gasteiger partial charge in [0.1, 0.15) is 11.6 Å². The maximum absolute atomic E-state index is 13.1. The van der Waals surface area contributed by atoms with Crippen LogP contribution in [-0.4, -0.2) is 88.2 Å². The first-order valence-corrected chi connectivity index (χ1v) is 11.5. The Labute approximate surface area is 203 Å². The number of hydrogen-bond acceptors (Lipinski definition) is 8. The molecule has 11 heteroatoms. The van der Waals surface area contributed by atoms with Crippen molar-refractivity contribution < 1.29 is 33.5 Å². The number of nitrogens with one attached hydrogen (secondary N) is 1. The number of rotatable bonds is 9. The van der Waals surface area contributed by atoms with Crippen molar-refractivity contribution in [2.75, 3.05) is 26.4 Å². The fraction of sp³-hybridized carbons (Fsp3) is 0.500. The van der Waals surface area contributed by atoms with Gasteiger partial charge in [0.05, 0.1) is 17.7 Å². The molecule has 11 nitrogen and oxygen atoms in total. The summed E-state index contributed by atoms with van der Waals surface area (Å²) in [4.78, 5) is 79.5. The zero-order chi connectivity index (χ0) is 25.9. The third kappa shape index (κ3) is 5.24. The van der Waals surface area contributed by atoms with Crippen molar-refractivity contribution in [2.24, 2.45) is 0 Å². The van der Waals surface area contributed by atoms with Crippen LogP contribution in [0.25, 0.3) is 0 Å². The van der Waals surface area contributed by atoms with E-state index in [0.29, 0.717) is 13.1 Å². The molecule has 5 amide bonds. The highest BCUT2D eigenvalue weighted by atomic mass is 16.5. The van der Waals surface area contributed by atoms with E-state index < -0.39 is 47.9 Å². The van der Waals surface area contributed by atoms with Crippen LogP contribution in [0.3, 0.4) is 0 Å². The summed E-state index contributed by atoms with van der Waals surface area (Å²) in [5.41, 5.74) is -1.02. The molecule has 0 aromatic heterocycles. The van der Waals surface area contributed by atoms with Gasteiger partial charge in [-0.05, 0) is 45.5 Å². The molecule has 0 saturated carbocycles. The Morgan fingerprint density at radius 3 is 2.17 bits per heavy atom. The van der Waals surface area contributed by atoms with E-state index in [1.54, 1.807) is 12.1 Å². The van der Waals surface area contributed by atoms with Gasteiger partial charge in [0, 0.05) is 6.42 Å². The van der Waals surface area contributed by atoms with Crippen LogP contribution >= 0.6 is 0 Å². The second-order valence-corrected chi connectivity index (χ2v) is 8.94. The van der Waals surface area contributed by atoms with Crippen LogP contribution in [0, 0.1) is 0 Å². The van der Waals surface area contributed by atoms with Gasteiger partial charge in [-0.15, -0.1) is 0 Å². The molecule has 1 N–H and O–H groups in total. The largest absolute Gasteiger partial charge is 0.442 e. The summed E-state index contributed by atoms with van der Waals surface area (Å²) in [6.45, 7) is 7.49. The maximum atomic E-state index is 13.1. The van der Waals surface area contributed by atoms with Crippen molar-refractivity contribution in [3.63, 3.8) is 0 Å². The molecule has 1 atom stereocenters. The van der Waals surface area contributed by atoms with Crippen LogP contribution < -0.4 is 5.32 Å². The Hall–Kier alpha value is -3.60. The third-order valence-corrected chi connectivity index (χ3v) is 6.17. The number of fused-ring (bicyclic) bond motifs is 1. The minimum Gasteiger partial charge on any atom is -0.442 e. The molecule has 1 saturated heterocycles. The van der Waals surface area contributed by atoms with E-state index in [1.807, 2.05) is 18.7 Å². The van der Waals surface area contributed by atoms with Crippen molar-refractivity contribution in [1.29, 1.82) is 0 Å². The van der Waals surface area contributed by atoms with E-state index in [1.165, 1.54) is 26.0 Å². The van der Waals surface area contributed by atoms with Crippen LogP contribution in [0.5, 0.6) is 0 Å². The van der Waals surface area contributed by atoms with E-state index in [4.69, 9.17) is 4.74 Å². The highest BCUT2D eigenvalue weighted by molar-refractivity contribution is 6.23. The number of likely N-dealkylation sites (tertiary alicyclic amines) is 1. The lowest BCUT2D eigenvalue weighted by Gasteiger charge is -2.34. The summed E-state index contributed by atoms with van der Waals surface area (Å²) < 4.78 is 5.20. The number of esters is 1. The lowest BCUT2D eigenvalue weighted by atomic mass is 10.0. The van der Waals surface area contributed by atoms with E-state index in [2.05, 4.69) is 5.32 Å². The SMILES string of the molecule is CCN(CC)CC(=O)NC(C)(C)C(=O)OCN1C(=O)CCC(N2C(=O)c3ccccc3C2=O)C1=O. The molecule has 35 heavy (non-hydrogen) atoms.